The van der Waals surface area contributed by atoms with Gasteiger partial charge in [0.25, 0.3) is 0 Å². The van der Waals surface area contributed by atoms with E-state index in [1.807, 2.05) is 0 Å². The lowest BCUT2D eigenvalue weighted by molar-refractivity contribution is -0.0665. The first-order valence-corrected chi connectivity index (χ1v) is 8.01. The van der Waals surface area contributed by atoms with Crippen LogP contribution in [-0.4, -0.2) is 62.1 Å². The summed E-state index contributed by atoms with van der Waals surface area (Å²) in [6.45, 7) is 5.81. The molecule has 0 spiro atoms. The summed E-state index contributed by atoms with van der Waals surface area (Å²) in [6, 6.07) is 0. The summed E-state index contributed by atoms with van der Waals surface area (Å²) in [5.41, 5.74) is 6.50. The lowest BCUT2D eigenvalue weighted by Gasteiger charge is -2.29. The minimum atomic E-state index is -0.740. The molecule has 0 bridgehead atoms. The van der Waals surface area contributed by atoms with Crippen LogP contribution in [0.15, 0.2) is 34.5 Å². The number of nitrogens with zero attached hydrogens (tertiary/aromatic N) is 3. The van der Waals surface area contributed by atoms with Crippen LogP contribution in [0.25, 0.3) is 0 Å². The van der Waals surface area contributed by atoms with Crippen LogP contribution in [0.3, 0.4) is 0 Å². The molecule has 0 radical (unpaired) electrons. The SMILES string of the molecule is C=C/C=C1/C(N)=NC=NN1C1CCC(COC(=O)OC(C)COC)O1. The van der Waals surface area contributed by atoms with Crippen LogP contribution in [0.2, 0.25) is 0 Å². The molecule has 9 heteroatoms. The normalized spacial score (nSPS) is 25.6. The molecular formula is C16H24N4O5. The van der Waals surface area contributed by atoms with Crippen molar-refractivity contribution in [3.05, 3.63) is 24.4 Å². The quantitative estimate of drug-likeness (QED) is 0.689. The molecule has 25 heavy (non-hydrogen) atoms. The van der Waals surface area contributed by atoms with E-state index in [1.165, 1.54) is 13.4 Å². The van der Waals surface area contributed by atoms with E-state index in [0.29, 0.717) is 24.6 Å². The summed E-state index contributed by atoms with van der Waals surface area (Å²) >= 11 is 0. The maximum absolute atomic E-state index is 11.6. The molecule has 9 nitrogen and oxygen atoms in total. The number of hydrazone groups is 1. The Morgan fingerprint density at radius 1 is 1.60 bits per heavy atom. The monoisotopic (exact) mass is 352 g/mol. The van der Waals surface area contributed by atoms with Crippen molar-refractivity contribution in [1.82, 2.24) is 5.01 Å². The Labute approximate surface area is 146 Å². The Hall–Kier alpha value is -2.39. The maximum Gasteiger partial charge on any atom is 0.508 e. The van der Waals surface area contributed by atoms with Gasteiger partial charge in [0.1, 0.15) is 24.7 Å². The predicted octanol–water partition coefficient (Wildman–Crippen LogP) is 1.37. The Bertz CT molecular complexity index is 575. The summed E-state index contributed by atoms with van der Waals surface area (Å²) in [6.07, 6.45) is 4.47. The highest BCUT2D eigenvalue weighted by molar-refractivity contribution is 6.01. The van der Waals surface area contributed by atoms with Crippen molar-refractivity contribution < 1.29 is 23.7 Å². The summed E-state index contributed by atoms with van der Waals surface area (Å²) < 4.78 is 20.9. The number of allylic oxidation sites excluding steroid dienone is 2. The average Bonchev–Trinajstić information content (AvgIpc) is 3.04. The minimum Gasteiger partial charge on any atom is -0.432 e. The Morgan fingerprint density at radius 2 is 2.40 bits per heavy atom. The van der Waals surface area contributed by atoms with Gasteiger partial charge in [0.15, 0.2) is 12.1 Å². The van der Waals surface area contributed by atoms with Gasteiger partial charge >= 0.3 is 6.16 Å². The number of carbonyl (C=O) groups is 1. The highest BCUT2D eigenvalue weighted by atomic mass is 16.7. The van der Waals surface area contributed by atoms with E-state index in [0.717, 1.165) is 6.42 Å². The molecule has 138 valence electrons. The fourth-order valence-corrected chi connectivity index (χ4v) is 2.51. The lowest BCUT2D eigenvalue weighted by atomic mass is 10.2. The topological polar surface area (TPSA) is 108 Å². The van der Waals surface area contributed by atoms with Crippen LogP contribution in [-0.2, 0) is 18.9 Å². The molecular weight excluding hydrogens is 328 g/mol. The van der Waals surface area contributed by atoms with Crippen LogP contribution >= 0.6 is 0 Å². The standard InChI is InChI=1S/C16H24N4O5/c1-4-5-13-15(17)18-10-19-20(13)14-7-6-12(25-14)9-23-16(21)24-11(2)8-22-3/h4-5,10-12,14H,1,6-9H2,2-3H3,(H2,17,18,19)/b13-5-. The number of methoxy groups -OCH3 is 1. The second-order valence-electron chi connectivity index (χ2n) is 5.61. The van der Waals surface area contributed by atoms with Gasteiger partial charge in [0, 0.05) is 7.11 Å². The Morgan fingerprint density at radius 3 is 3.12 bits per heavy atom. The first-order chi connectivity index (χ1) is 12.0. The van der Waals surface area contributed by atoms with Crippen molar-refractivity contribution in [2.45, 2.75) is 38.2 Å². The molecule has 2 N–H and O–H groups in total. The molecule has 3 unspecified atom stereocenters. The number of hydrogen-bond acceptors (Lipinski definition) is 9. The van der Waals surface area contributed by atoms with Gasteiger partial charge in [-0.2, -0.15) is 5.10 Å². The van der Waals surface area contributed by atoms with E-state index < -0.39 is 6.16 Å². The molecule has 0 aliphatic carbocycles. The van der Waals surface area contributed by atoms with Gasteiger partial charge in [-0.25, -0.2) is 14.8 Å². The summed E-state index contributed by atoms with van der Waals surface area (Å²) in [5, 5.41) is 5.86. The highest BCUT2D eigenvalue weighted by Gasteiger charge is 2.33. The fourth-order valence-electron chi connectivity index (χ4n) is 2.51. The number of ether oxygens (including phenoxy) is 4. The molecule has 3 atom stereocenters. The summed E-state index contributed by atoms with van der Waals surface area (Å²) in [7, 11) is 1.54. The zero-order valence-corrected chi connectivity index (χ0v) is 14.5. The Kier molecular flexibility index (Phi) is 6.96. The summed E-state index contributed by atoms with van der Waals surface area (Å²) in [4.78, 5) is 15.6. The van der Waals surface area contributed by atoms with Crippen molar-refractivity contribution in [1.29, 1.82) is 0 Å². The van der Waals surface area contributed by atoms with Crippen molar-refractivity contribution in [3.63, 3.8) is 0 Å². The molecule has 2 heterocycles. The van der Waals surface area contributed by atoms with Gasteiger partial charge in [0.2, 0.25) is 0 Å². The van der Waals surface area contributed by atoms with E-state index in [4.69, 9.17) is 24.7 Å². The van der Waals surface area contributed by atoms with E-state index >= 15 is 0 Å². The van der Waals surface area contributed by atoms with Gasteiger partial charge in [-0.05, 0) is 25.8 Å². The van der Waals surface area contributed by atoms with Gasteiger partial charge in [-0.1, -0.05) is 12.7 Å². The first-order valence-electron chi connectivity index (χ1n) is 8.01. The van der Waals surface area contributed by atoms with Crippen LogP contribution in [0, 0.1) is 0 Å². The molecule has 2 aliphatic rings. The van der Waals surface area contributed by atoms with Crippen LogP contribution in [0.4, 0.5) is 4.79 Å². The molecule has 0 aromatic rings. The molecule has 1 fully saturated rings. The number of nitrogens with two attached hydrogens (primary N) is 1. The predicted molar refractivity (Wildman–Crippen MR) is 91.9 cm³/mol. The van der Waals surface area contributed by atoms with E-state index in [-0.39, 0.29) is 25.0 Å². The van der Waals surface area contributed by atoms with Crippen LogP contribution in [0.5, 0.6) is 0 Å². The van der Waals surface area contributed by atoms with E-state index in [9.17, 15) is 4.79 Å². The molecule has 1 saturated heterocycles. The van der Waals surface area contributed by atoms with Gasteiger partial charge < -0.3 is 24.7 Å². The van der Waals surface area contributed by atoms with Crippen molar-refractivity contribution in [3.8, 4) is 0 Å². The van der Waals surface area contributed by atoms with Gasteiger partial charge in [-0.3, -0.25) is 0 Å². The van der Waals surface area contributed by atoms with Crippen LogP contribution < -0.4 is 5.73 Å². The minimum absolute atomic E-state index is 0.108. The zero-order valence-electron chi connectivity index (χ0n) is 14.5. The molecule has 2 rings (SSSR count). The highest BCUT2D eigenvalue weighted by Crippen LogP contribution is 2.27. The molecule has 0 aromatic carbocycles. The zero-order chi connectivity index (χ0) is 18.2. The maximum atomic E-state index is 11.6. The number of amidine groups is 1. The largest absolute Gasteiger partial charge is 0.508 e. The van der Waals surface area contributed by atoms with Crippen molar-refractivity contribution >= 4 is 18.3 Å². The smallest absolute Gasteiger partial charge is 0.432 e. The third kappa shape index (κ3) is 5.30. The van der Waals surface area contributed by atoms with E-state index in [1.54, 1.807) is 24.1 Å². The van der Waals surface area contributed by atoms with Crippen molar-refractivity contribution in [2.75, 3.05) is 20.3 Å². The van der Waals surface area contributed by atoms with Gasteiger partial charge in [-0.15, -0.1) is 0 Å². The van der Waals surface area contributed by atoms with Crippen LogP contribution in [0.1, 0.15) is 19.8 Å². The number of carbonyl (C=O) groups excluding carboxylic acids is 1. The second kappa shape index (κ2) is 9.19. The number of aliphatic imine (C=N–C) groups is 1. The molecule has 2 aliphatic heterocycles. The fraction of sp³-hybridized carbons (Fsp3) is 0.562. The third-order valence-corrected chi connectivity index (χ3v) is 3.60. The number of rotatable bonds is 7. The first kappa shape index (κ1) is 18.9. The number of hydrogen-bond donors (Lipinski definition) is 1. The average molecular weight is 352 g/mol. The molecule has 0 aromatic heterocycles. The summed E-state index contributed by atoms with van der Waals surface area (Å²) in [5.74, 6) is 0.342. The lowest BCUT2D eigenvalue weighted by Crippen LogP contribution is -2.38. The van der Waals surface area contributed by atoms with E-state index in [2.05, 4.69) is 16.7 Å². The molecule has 0 amide bonds. The molecule has 0 saturated carbocycles. The Balaban J connectivity index is 1.82. The van der Waals surface area contributed by atoms with Crippen molar-refractivity contribution in [2.24, 2.45) is 15.8 Å². The van der Waals surface area contributed by atoms with Gasteiger partial charge in [0.05, 0.1) is 12.7 Å². The second-order valence-corrected chi connectivity index (χ2v) is 5.61. The third-order valence-electron chi connectivity index (χ3n) is 3.60.